The highest BCUT2D eigenvalue weighted by Crippen LogP contribution is 2.44. The van der Waals surface area contributed by atoms with Crippen LogP contribution >= 0.6 is 0 Å². The van der Waals surface area contributed by atoms with Crippen LogP contribution in [0.25, 0.3) is 0 Å². The summed E-state index contributed by atoms with van der Waals surface area (Å²) >= 11 is 0. The molecule has 206 valence electrons. The molecule has 10 heteroatoms. The molecule has 2 aromatic rings. The SMILES string of the molecule is CC(C)CC(C(=O)NC1N=C(c2ccccc2C(F)(F)F)c2ccccc2N(C)C1=O)C1(C(=O)O)CC=CC1. The van der Waals surface area contributed by atoms with Gasteiger partial charge in [-0.15, -0.1) is 0 Å². The number of allylic oxidation sites excluding steroid dienone is 2. The second-order valence-corrected chi connectivity index (χ2v) is 10.4. The van der Waals surface area contributed by atoms with Crippen molar-refractivity contribution in [2.24, 2.45) is 22.2 Å². The molecule has 0 radical (unpaired) electrons. The number of nitrogens with zero attached hydrogens (tertiary/aromatic N) is 2. The van der Waals surface area contributed by atoms with Crippen molar-refractivity contribution in [1.29, 1.82) is 0 Å². The number of carboxylic acid groups (broad SMARTS) is 1. The molecule has 1 heterocycles. The number of halogens is 3. The number of alkyl halides is 3. The normalized spacial score (nSPS) is 19.4. The van der Waals surface area contributed by atoms with Crippen molar-refractivity contribution in [2.75, 3.05) is 11.9 Å². The third-order valence-electron chi connectivity index (χ3n) is 7.36. The highest BCUT2D eigenvalue weighted by molar-refractivity contribution is 6.20. The van der Waals surface area contributed by atoms with Crippen LogP contribution in [0.5, 0.6) is 0 Å². The molecule has 0 spiro atoms. The number of hydrogen-bond donors (Lipinski definition) is 2. The van der Waals surface area contributed by atoms with Crippen LogP contribution in [-0.4, -0.2) is 41.8 Å². The van der Waals surface area contributed by atoms with E-state index in [1.807, 2.05) is 13.8 Å². The number of aliphatic carboxylic acids is 1. The molecule has 2 amide bonds. The first kappa shape index (κ1) is 28.1. The highest BCUT2D eigenvalue weighted by atomic mass is 19.4. The predicted molar refractivity (Wildman–Crippen MR) is 140 cm³/mol. The second-order valence-electron chi connectivity index (χ2n) is 10.4. The molecule has 0 aromatic heterocycles. The summed E-state index contributed by atoms with van der Waals surface area (Å²) in [6, 6.07) is 11.4. The van der Waals surface area contributed by atoms with E-state index >= 15 is 0 Å². The molecule has 2 atom stereocenters. The van der Waals surface area contributed by atoms with Crippen molar-refractivity contribution >= 4 is 29.2 Å². The molecule has 0 saturated heterocycles. The number of hydrogen-bond acceptors (Lipinski definition) is 4. The molecule has 4 rings (SSSR count). The second kappa shape index (κ2) is 10.7. The number of rotatable bonds is 7. The third-order valence-corrected chi connectivity index (χ3v) is 7.36. The zero-order chi connectivity index (χ0) is 28.5. The van der Waals surface area contributed by atoms with Gasteiger partial charge in [-0.1, -0.05) is 62.4 Å². The molecular formula is C29H30F3N3O4. The Hall–Kier alpha value is -3.95. The zero-order valence-electron chi connectivity index (χ0n) is 21.8. The van der Waals surface area contributed by atoms with Crippen molar-refractivity contribution in [1.82, 2.24) is 5.32 Å². The Morgan fingerprint density at radius 2 is 1.67 bits per heavy atom. The number of likely N-dealkylation sites (N-methyl/N-ethyl adjacent to an activating group) is 1. The van der Waals surface area contributed by atoms with Crippen molar-refractivity contribution in [3.05, 3.63) is 77.4 Å². The van der Waals surface area contributed by atoms with Crippen LogP contribution in [-0.2, 0) is 20.6 Å². The van der Waals surface area contributed by atoms with Gasteiger partial charge in [0.1, 0.15) is 0 Å². The van der Waals surface area contributed by atoms with Gasteiger partial charge in [-0.05, 0) is 37.3 Å². The molecule has 7 nitrogen and oxygen atoms in total. The Morgan fingerprint density at radius 1 is 1.08 bits per heavy atom. The highest BCUT2D eigenvalue weighted by Gasteiger charge is 2.50. The lowest BCUT2D eigenvalue weighted by atomic mass is 9.69. The minimum Gasteiger partial charge on any atom is -0.481 e. The summed E-state index contributed by atoms with van der Waals surface area (Å²) in [7, 11) is 1.46. The number of aliphatic imine (C=N–C) groups is 1. The van der Waals surface area contributed by atoms with Crippen LogP contribution in [0.2, 0.25) is 0 Å². The van der Waals surface area contributed by atoms with Gasteiger partial charge in [0.2, 0.25) is 12.1 Å². The van der Waals surface area contributed by atoms with Gasteiger partial charge in [0.05, 0.1) is 28.3 Å². The van der Waals surface area contributed by atoms with Crippen molar-refractivity contribution < 1.29 is 32.7 Å². The molecule has 1 aliphatic carbocycles. The smallest absolute Gasteiger partial charge is 0.417 e. The van der Waals surface area contributed by atoms with Gasteiger partial charge < -0.3 is 15.3 Å². The van der Waals surface area contributed by atoms with E-state index in [0.29, 0.717) is 11.3 Å². The fourth-order valence-corrected chi connectivity index (χ4v) is 5.34. The first-order valence-corrected chi connectivity index (χ1v) is 12.7. The van der Waals surface area contributed by atoms with E-state index in [2.05, 4.69) is 10.3 Å². The Balaban J connectivity index is 1.83. The number of carbonyl (C=O) groups excluding carboxylic acids is 2. The fourth-order valence-electron chi connectivity index (χ4n) is 5.34. The number of amides is 2. The fraction of sp³-hybridized carbons (Fsp3) is 0.379. The van der Waals surface area contributed by atoms with Crippen LogP contribution in [0.1, 0.15) is 49.8 Å². The van der Waals surface area contributed by atoms with Crippen LogP contribution in [0.15, 0.2) is 65.7 Å². The van der Waals surface area contributed by atoms with Crippen LogP contribution in [0, 0.1) is 17.3 Å². The lowest BCUT2D eigenvalue weighted by Crippen LogP contribution is -2.52. The third kappa shape index (κ3) is 5.32. The van der Waals surface area contributed by atoms with Crippen molar-refractivity contribution in [3.8, 4) is 0 Å². The van der Waals surface area contributed by atoms with Gasteiger partial charge in [0.15, 0.2) is 0 Å². The molecule has 2 N–H and O–H groups in total. The summed E-state index contributed by atoms with van der Waals surface area (Å²) in [4.78, 5) is 45.3. The van der Waals surface area contributed by atoms with Crippen molar-refractivity contribution in [3.63, 3.8) is 0 Å². The van der Waals surface area contributed by atoms with Crippen molar-refractivity contribution in [2.45, 2.75) is 45.5 Å². The minimum atomic E-state index is -4.69. The summed E-state index contributed by atoms with van der Waals surface area (Å²) in [6.45, 7) is 3.73. The lowest BCUT2D eigenvalue weighted by Gasteiger charge is -2.34. The Kier molecular flexibility index (Phi) is 7.68. The van der Waals surface area contributed by atoms with Crippen LogP contribution < -0.4 is 10.2 Å². The number of anilines is 1. The average molecular weight is 542 g/mol. The predicted octanol–water partition coefficient (Wildman–Crippen LogP) is 5.04. The van der Waals surface area contributed by atoms with E-state index in [9.17, 15) is 32.7 Å². The average Bonchev–Trinajstić information content (AvgIpc) is 3.36. The number of benzodiazepines with no additional fused rings is 1. The Labute approximate surface area is 224 Å². The zero-order valence-corrected chi connectivity index (χ0v) is 21.8. The molecule has 2 aromatic carbocycles. The van der Waals surface area contributed by atoms with E-state index in [1.165, 1.54) is 30.1 Å². The number of carboxylic acids is 1. The lowest BCUT2D eigenvalue weighted by molar-refractivity contribution is -0.157. The maximum atomic E-state index is 14.0. The molecule has 2 unspecified atom stereocenters. The van der Waals surface area contributed by atoms with Crippen LogP contribution in [0.3, 0.4) is 0 Å². The summed E-state index contributed by atoms with van der Waals surface area (Å²) in [6.07, 6.45) is -2.26. The maximum Gasteiger partial charge on any atom is 0.417 e. The number of carbonyl (C=O) groups is 3. The first-order valence-electron chi connectivity index (χ1n) is 12.7. The monoisotopic (exact) mass is 541 g/mol. The Bertz CT molecular complexity index is 1340. The number of para-hydroxylation sites is 1. The minimum absolute atomic E-state index is 0.0351. The van der Waals surface area contributed by atoms with E-state index in [4.69, 9.17) is 0 Å². The van der Waals surface area contributed by atoms with Gasteiger partial charge in [-0.3, -0.25) is 14.4 Å². The number of benzene rings is 2. The van der Waals surface area contributed by atoms with Gasteiger partial charge in [0.25, 0.3) is 5.91 Å². The molecule has 2 aliphatic rings. The summed E-state index contributed by atoms with van der Waals surface area (Å²) in [5, 5.41) is 12.7. The molecule has 0 saturated carbocycles. The summed E-state index contributed by atoms with van der Waals surface area (Å²) in [5.74, 6) is -3.48. The van der Waals surface area contributed by atoms with E-state index < -0.39 is 47.0 Å². The van der Waals surface area contributed by atoms with Gasteiger partial charge in [-0.25, -0.2) is 4.99 Å². The molecular weight excluding hydrogens is 511 g/mol. The topological polar surface area (TPSA) is 99.1 Å². The van der Waals surface area contributed by atoms with E-state index in [0.717, 1.165) is 6.07 Å². The summed E-state index contributed by atoms with van der Waals surface area (Å²) < 4.78 is 42.0. The Morgan fingerprint density at radius 3 is 2.26 bits per heavy atom. The van der Waals surface area contributed by atoms with Gasteiger partial charge in [0, 0.05) is 18.2 Å². The maximum absolute atomic E-state index is 14.0. The van der Waals surface area contributed by atoms with Gasteiger partial charge in [-0.2, -0.15) is 13.2 Å². The van der Waals surface area contributed by atoms with Crippen LogP contribution in [0.4, 0.5) is 18.9 Å². The quantitative estimate of drug-likeness (QED) is 0.480. The van der Waals surface area contributed by atoms with Gasteiger partial charge >= 0.3 is 12.1 Å². The molecule has 1 aliphatic heterocycles. The van der Waals surface area contributed by atoms with E-state index in [-0.39, 0.29) is 36.5 Å². The molecule has 0 bridgehead atoms. The summed E-state index contributed by atoms with van der Waals surface area (Å²) in [5.41, 5.74) is -2.02. The standard InChI is InChI=1S/C29H30F3N3O4/c1-17(2)16-21(28(27(38)39)14-8-9-15-28)25(36)34-24-26(37)35(3)22-13-7-5-11-19(22)23(33-24)18-10-4-6-12-20(18)29(30,31)32/h4-13,17,21,24H,14-16H2,1-3H3,(H,34,36)(H,38,39). The number of nitrogens with one attached hydrogen (secondary N) is 1. The largest absolute Gasteiger partial charge is 0.481 e. The molecule has 0 fully saturated rings. The first-order chi connectivity index (χ1) is 18.4. The van der Waals surface area contributed by atoms with E-state index in [1.54, 1.807) is 36.4 Å². The number of fused-ring (bicyclic) bond motifs is 1. The molecule has 39 heavy (non-hydrogen) atoms.